The number of nitrogens with one attached hydrogen (secondary N) is 1. The molecule has 1 saturated heterocycles. The highest BCUT2D eigenvalue weighted by Gasteiger charge is 2.27. The van der Waals surface area contributed by atoms with Gasteiger partial charge in [-0.1, -0.05) is 6.92 Å². The molecule has 1 aliphatic rings. The second-order valence-corrected chi connectivity index (χ2v) is 5.90. The fourth-order valence-electron chi connectivity index (χ4n) is 3.45. The number of aromatic nitrogens is 2. The summed E-state index contributed by atoms with van der Waals surface area (Å²) in [6.45, 7) is 13.8. The Morgan fingerprint density at radius 2 is 2.15 bits per heavy atom. The van der Waals surface area contributed by atoms with Crippen LogP contribution in [0.15, 0.2) is 0 Å². The molecule has 1 aromatic heterocycles. The summed E-state index contributed by atoms with van der Waals surface area (Å²) < 4.78 is 7.86. The normalized spacial score (nSPS) is 24.2. The molecule has 1 fully saturated rings. The minimum Gasteiger partial charge on any atom is -0.378 e. The largest absolute Gasteiger partial charge is 0.378 e. The molecule has 4 nitrogen and oxygen atoms in total. The molecule has 2 heterocycles. The molecule has 4 heteroatoms. The average molecular weight is 279 g/mol. The van der Waals surface area contributed by atoms with Gasteiger partial charge in [-0.25, -0.2) is 0 Å². The predicted molar refractivity (Wildman–Crippen MR) is 81.9 cm³/mol. The van der Waals surface area contributed by atoms with Crippen molar-refractivity contribution in [3.05, 3.63) is 17.0 Å². The molecule has 3 unspecified atom stereocenters. The Morgan fingerprint density at radius 3 is 2.75 bits per heavy atom. The second kappa shape index (κ2) is 6.72. The summed E-state index contributed by atoms with van der Waals surface area (Å²) in [7, 11) is 0. The van der Waals surface area contributed by atoms with Crippen LogP contribution in [-0.2, 0) is 11.3 Å². The summed E-state index contributed by atoms with van der Waals surface area (Å²) in [5.41, 5.74) is 3.80. The predicted octanol–water partition coefficient (Wildman–Crippen LogP) is 2.99. The van der Waals surface area contributed by atoms with Crippen molar-refractivity contribution in [1.82, 2.24) is 15.1 Å². The lowest BCUT2D eigenvalue weighted by Crippen LogP contribution is -2.30. The van der Waals surface area contributed by atoms with Crippen molar-refractivity contribution >= 4 is 0 Å². The molecule has 0 saturated carbocycles. The fourth-order valence-corrected chi connectivity index (χ4v) is 3.45. The average Bonchev–Trinajstić information content (AvgIpc) is 3.00. The van der Waals surface area contributed by atoms with Crippen molar-refractivity contribution in [3.8, 4) is 0 Å². The molecule has 0 aromatic carbocycles. The van der Waals surface area contributed by atoms with E-state index < -0.39 is 0 Å². The molecular formula is C16H29N3O. The van der Waals surface area contributed by atoms with E-state index in [0.29, 0.717) is 18.1 Å². The molecule has 3 atom stereocenters. The van der Waals surface area contributed by atoms with Crippen LogP contribution in [0.3, 0.4) is 0 Å². The maximum atomic E-state index is 5.77. The van der Waals surface area contributed by atoms with Crippen LogP contribution in [0.2, 0.25) is 0 Å². The summed E-state index contributed by atoms with van der Waals surface area (Å²) >= 11 is 0. The zero-order valence-corrected chi connectivity index (χ0v) is 13.6. The number of hydrogen-bond acceptors (Lipinski definition) is 3. The van der Waals surface area contributed by atoms with E-state index in [2.05, 4.69) is 49.7 Å². The molecule has 0 bridgehead atoms. The molecule has 114 valence electrons. The van der Waals surface area contributed by atoms with Gasteiger partial charge in [0.2, 0.25) is 0 Å². The van der Waals surface area contributed by atoms with Crippen LogP contribution < -0.4 is 5.32 Å². The second-order valence-electron chi connectivity index (χ2n) is 5.90. The van der Waals surface area contributed by atoms with Crippen molar-refractivity contribution in [2.45, 2.75) is 66.2 Å². The first-order valence-electron chi connectivity index (χ1n) is 7.97. The van der Waals surface area contributed by atoms with Gasteiger partial charge in [-0.2, -0.15) is 5.10 Å². The molecule has 20 heavy (non-hydrogen) atoms. The summed E-state index contributed by atoms with van der Waals surface area (Å²) in [6.07, 6.45) is 2.74. The lowest BCUT2D eigenvalue weighted by Gasteiger charge is -2.21. The van der Waals surface area contributed by atoms with Crippen LogP contribution in [0.1, 0.15) is 56.6 Å². The van der Waals surface area contributed by atoms with E-state index in [9.17, 15) is 0 Å². The van der Waals surface area contributed by atoms with Gasteiger partial charge >= 0.3 is 0 Å². The van der Waals surface area contributed by atoms with Gasteiger partial charge in [0, 0.05) is 37.0 Å². The molecule has 0 amide bonds. The zero-order chi connectivity index (χ0) is 14.7. The van der Waals surface area contributed by atoms with E-state index in [1.807, 2.05) is 0 Å². The van der Waals surface area contributed by atoms with Crippen molar-refractivity contribution < 1.29 is 4.74 Å². The highest BCUT2D eigenvalue weighted by Crippen LogP contribution is 2.25. The Morgan fingerprint density at radius 1 is 1.40 bits per heavy atom. The monoisotopic (exact) mass is 279 g/mol. The Labute approximate surface area is 122 Å². The number of ether oxygens (including phenoxy) is 1. The van der Waals surface area contributed by atoms with Crippen molar-refractivity contribution in [3.63, 3.8) is 0 Å². The van der Waals surface area contributed by atoms with Gasteiger partial charge < -0.3 is 10.1 Å². The number of hydrogen-bond donors (Lipinski definition) is 1. The van der Waals surface area contributed by atoms with Gasteiger partial charge in [-0.05, 0) is 46.5 Å². The van der Waals surface area contributed by atoms with Crippen LogP contribution >= 0.6 is 0 Å². The summed E-state index contributed by atoms with van der Waals surface area (Å²) in [4.78, 5) is 0. The highest BCUT2D eigenvalue weighted by atomic mass is 16.5. The van der Waals surface area contributed by atoms with Crippen LogP contribution in [0.5, 0.6) is 0 Å². The molecule has 1 aromatic rings. The number of nitrogens with zero attached hydrogens (tertiary/aromatic N) is 2. The van der Waals surface area contributed by atoms with Crippen LogP contribution in [0.25, 0.3) is 0 Å². The minimum absolute atomic E-state index is 0.355. The van der Waals surface area contributed by atoms with Crippen molar-refractivity contribution in [1.29, 1.82) is 0 Å². The summed E-state index contributed by atoms with van der Waals surface area (Å²) in [6, 6.07) is 0.355. The van der Waals surface area contributed by atoms with Crippen molar-refractivity contribution in [2.75, 3.05) is 13.2 Å². The van der Waals surface area contributed by atoms with Gasteiger partial charge in [0.1, 0.15) is 0 Å². The lowest BCUT2D eigenvalue weighted by atomic mass is 9.98. The Bertz CT molecular complexity index is 441. The quantitative estimate of drug-likeness (QED) is 0.870. The van der Waals surface area contributed by atoms with E-state index in [0.717, 1.165) is 31.8 Å². The van der Waals surface area contributed by atoms with Gasteiger partial charge in [0.05, 0.1) is 11.8 Å². The third-order valence-corrected chi connectivity index (χ3v) is 4.60. The Hall–Kier alpha value is -0.870. The first kappa shape index (κ1) is 15.5. The van der Waals surface area contributed by atoms with Crippen LogP contribution in [0.4, 0.5) is 0 Å². The van der Waals surface area contributed by atoms with Gasteiger partial charge in [0.25, 0.3) is 0 Å². The van der Waals surface area contributed by atoms with E-state index in [1.54, 1.807) is 0 Å². The molecule has 1 N–H and O–H groups in total. The summed E-state index contributed by atoms with van der Waals surface area (Å²) in [5, 5.41) is 8.30. The van der Waals surface area contributed by atoms with E-state index in [-0.39, 0.29) is 0 Å². The van der Waals surface area contributed by atoms with E-state index >= 15 is 0 Å². The maximum Gasteiger partial charge on any atom is 0.0644 e. The molecule has 2 rings (SSSR count). The Kier molecular flexibility index (Phi) is 5.22. The van der Waals surface area contributed by atoms with Gasteiger partial charge in [-0.15, -0.1) is 0 Å². The number of aryl methyl sites for hydroxylation is 2. The molecule has 1 aliphatic heterocycles. The van der Waals surface area contributed by atoms with Gasteiger partial charge in [0.15, 0.2) is 0 Å². The third kappa shape index (κ3) is 3.07. The van der Waals surface area contributed by atoms with Gasteiger partial charge in [-0.3, -0.25) is 4.68 Å². The molecule has 0 aliphatic carbocycles. The summed E-state index contributed by atoms with van der Waals surface area (Å²) in [5.74, 6) is 0.657. The lowest BCUT2D eigenvalue weighted by molar-refractivity contribution is 0.0867. The third-order valence-electron chi connectivity index (χ3n) is 4.60. The van der Waals surface area contributed by atoms with Crippen LogP contribution in [0, 0.1) is 19.8 Å². The smallest absolute Gasteiger partial charge is 0.0644 e. The molecule has 0 spiro atoms. The fraction of sp³-hybridized carbons (Fsp3) is 0.812. The topological polar surface area (TPSA) is 39.1 Å². The first-order chi connectivity index (χ1) is 9.58. The highest BCUT2D eigenvalue weighted by molar-refractivity contribution is 5.27. The number of rotatable bonds is 6. The SMILES string of the molecule is CCC1OCCC1CNC(C)c1c(C)nn(CC)c1C. The molecule has 0 radical (unpaired) electrons. The first-order valence-corrected chi connectivity index (χ1v) is 7.97. The van der Waals surface area contributed by atoms with Crippen LogP contribution in [-0.4, -0.2) is 29.0 Å². The van der Waals surface area contributed by atoms with Crippen molar-refractivity contribution in [2.24, 2.45) is 5.92 Å². The standard InChI is InChI=1S/C16H29N3O/c1-6-15-14(8-9-20-15)10-17-11(3)16-12(4)18-19(7-2)13(16)5/h11,14-15,17H,6-10H2,1-5H3. The Balaban J connectivity index is 1.98. The molecular weight excluding hydrogens is 250 g/mol. The minimum atomic E-state index is 0.355. The maximum absolute atomic E-state index is 5.77. The van der Waals surface area contributed by atoms with E-state index in [4.69, 9.17) is 4.74 Å². The van der Waals surface area contributed by atoms with E-state index in [1.165, 1.54) is 17.7 Å². The zero-order valence-electron chi connectivity index (χ0n) is 13.6.